The van der Waals surface area contributed by atoms with Gasteiger partial charge < -0.3 is 9.47 Å². The summed E-state index contributed by atoms with van der Waals surface area (Å²) >= 11 is 6.16. The smallest absolute Gasteiger partial charge is 0.277 e. The van der Waals surface area contributed by atoms with Crippen LogP contribution in [0, 0.1) is 0 Å². The number of nitrogens with zero attached hydrogens (tertiary/aromatic N) is 2. The van der Waals surface area contributed by atoms with Crippen molar-refractivity contribution in [3.63, 3.8) is 0 Å². The molecule has 0 bridgehead atoms. The highest BCUT2D eigenvalue weighted by atomic mass is 35.5. The van der Waals surface area contributed by atoms with E-state index in [-0.39, 0.29) is 12.5 Å². The first kappa shape index (κ1) is 20.6. The number of aromatic nitrogens is 1. The first-order valence-electron chi connectivity index (χ1n) is 9.38. The molecule has 7 heteroatoms. The standard InChI is InChI=1S/C22H22ClN3O3/c1-2-3-12-28-18-8-10-19(11-9-18)29-15-21(27)26-24-14-17-13-16-6-4-5-7-20(16)25-22(17)23/h4-11,13-14H,2-3,12,15H2,1H3,(H,26,27). The second kappa shape index (κ2) is 10.4. The quantitative estimate of drug-likeness (QED) is 0.242. The minimum absolute atomic E-state index is 0.156. The maximum Gasteiger partial charge on any atom is 0.277 e. The fourth-order valence-electron chi connectivity index (χ4n) is 2.52. The Morgan fingerprint density at radius 1 is 1.14 bits per heavy atom. The summed E-state index contributed by atoms with van der Waals surface area (Å²) in [5.41, 5.74) is 3.83. The van der Waals surface area contributed by atoms with E-state index in [4.69, 9.17) is 21.1 Å². The number of amides is 1. The molecule has 0 unspecified atom stereocenters. The highest BCUT2D eigenvalue weighted by Gasteiger charge is 2.04. The Labute approximate surface area is 174 Å². The molecule has 0 aliphatic heterocycles. The zero-order chi connectivity index (χ0) is 20.5. The molecule has 0 saturated carbocycles. The molecule has 3 rings (SSSR count). The molecule has 3 aromatic rings. The maximum atomic E-state index is 11.9. The number of fused-ring (bicyclic) bond motifs is 1. The molecule has 1 heterocycles. The number of para-hydroxylation sites is 1. The van der Waals surface area contributed by atoms with Gasteiger partial charge in [0.15, 0.2) is 6.61 Å². The van der Waals surface area contributed by atoms with Gasteiger partial charge >= 0.3 is 0 Å². The zero-order valence-electron chi connectivity index (χ0n) is 16.1. The van der Waals surface area contributed by atoms with Crippen LogP contribution >= 0.6 is 11.6 Å². The Hall–Kier alpha value is -3.12. The molecule has 0 fully saturated rings. The van der Waals surface area contributed by atoms with E-state index >= 15 is 0 Å². The molecular formula is C22H22ClN3O3. The molecular weight excluding hydrogens is 390 g/mol. The number of unbranched alkanes of at least 4 members (excludes halogenated alkanes) is 1. The van der Waals surface area contributed by atoms with Crippen LogP contribution in [0.25, 0.3) is 10.9 Å². The van der Waals surface area contributed by atoms with Gasteiger partial charge in [0, 0.05) is 10.9 Å². The van der Waals surface area contributed by atoms with Crippen molar-refractivity contribution in [1.29, 1.82) is 0 Å². The molecule has 1 N–H and O–H groups in total. The number of carbonyl (C=O) groups is 1. The van der Waals surface area contributed by atoms with E-state index in [9.17, 15) is 4.79 Å². The number of rotatable bonds is 9. The van der Waals surface area contributed by atoms with Gasteiger partial charge in [-0.1, -0.05) is 43.1 Å². The summed E-state index contributed by atoms with van der Waals surface area (Å²) in [6, 6.07) is 16.6. The van der Waals surface area contributed by atoms with Gasteiger partial charge in [-0.25, -0.2) is 10.4 Å². The average molecular weight is 412 g/mol. The third-order valence-electron chi connectivity index (χ3n) is 4.06. The lowest BCUT2D eigenvalue weighted by molar-refractivity contribution is -0.123. The summed E-state index contributed by atoms with van der Waals surface area (Å²) in [6.07, 6.45) is 3.56. The summed E-state index contributed by atoms with van der Waals surface area (Å²) in [5, 5.41) is 5.19. The van der Waals surface area contributed by atoms with Gasteiger partial charge in [0.05, 0.1) is 18.3 Å². The van der Waals surface area contributed by atoms with Crippen LogP contribution in [-0.4, -0.2) is 30.3 Å². The van der Waals surface area contributed by atoms with Crippen LogP contribution in [0.4, 0.5) is 0 Å². The molecule has 150 valence electrons. The molecule has 0 spiro atoms. The normalized spacial score (nSPS) is 11.0. The Morgan fingerprint density at radius 2 is 1.86 bits per heavy atom. The zero-order valence-corrected chi connectivity index (χ0v) is 16.9. The summed E-state index contributed by atoms with van der Waals surface area (Å²) < 4.78 is 11.0. The molecule has 0 aliphatic rings. The minimum Gasteiger partial charge on any atom is -0.494 e. The van der Waals surface area contributed by atoms with Crippen molar-refractivity contribution in [2.75, 3.05) is 13.2 Å². The van der Waals surface area contributed by atoms with Crippen LogP contribution in [0.5, 0.6) is 11.5 Å². The van der Waals surface area contributed by atoms with Crippen LogP contribution < -0.4 is 14.9 Å². The van der Waals surface area contributed by atoms with Crippen LogP contribution in [0.1, 0.15) is 25.3 Å². The van der Waals surface area contributed by atoms with Crippen molar-refractivity contribution in [3.05, 3.63) is 65.3 Å². The van der Waals surface area contributed by atoms with E-state index in [2.05, 4.69) is 22.4 Å². The molecule has 0 saturated heterocycles. The minimum atomic E-state index is -0.380. The summed E-state index contributed by atoms with van der Waals surface area (Å²) in [4.78, 5) is 16.2. The third kappa shape index (κ3) is 6.19. The summed E-state index contributed by atoms with van der Waals surface area (Å²) in [5.74, 6) is 0.976. The van der Waals surface area contributed by atoms with Crippen molar-refractivity contribution >= 4 is 34.6 Å². The largest absolute Gasteiger partial charge is 0.494 e. The van der Waals surface area contributed by atoms with E-state index in [0.717, 1.165) is 29.5 Å². The van der Waals surface area contributed by atoms with Crippen molar-refractivity contribution in [2.24, 2.45) is 5.10 Å². The van der Waals surface area contributed by atoms with Crippen LogP contribution in [0.2, 0.25) is 5.15 Å². The highest BCUT2D eigenvalue weighted by Crippen LogP contribution is 2.19. The number of ether oxygens (including phenoxy) is 2. The molecule has 2 aromatic carbocycles. The number of nitrogens with one attached hydrogen (secondary N) is 1. The van der Waals surface area contributed by atoms with Gasteiger partial charge in [-0.2, -0.15) is 5.10 Å². The Kier molecular flexibility index (Phi) is 7.41. The molecule has 1 amide bonds. The Morgan fingerprint density at radius 3 is 2.62 bits per heavy atom. The third-order valence-corrected chi connectivity index (χ3v) is 4.36. The predicted molar refractivity (Wildman–Crippen MR) is 115 cm³/mol. The number of hydrogen-bond acceptors (Lipinski definition) is 5. The number of hydrazone groups is 1. The van der Waals surface area contributed by atoms with Gasteiger partial charge in [0.1, 0.15) is 16.7 Å². The molecule has 0 atom stereocenters. The monoisotopic (exact) mass is 411 g/mol. The van der Waals surface area contributed by atoms with Gasteiger partial charge in [-0.05, 0) is 42.8 Å². The van der Waals surface area contributed by atoms with Gasteiger partial charge in [-0.15, -0.1) is 0 Å². The van der Waals surface area contributed by atoms with E-state index in [1.54, 1.807) is 12.1 Å². The number of hydrogen-bond donors (Lipinski definition) is 1. The average Bonchev–Trinajstić information content (AvgIpc) is 2.74. The Balaban J connectivity index is 1.48. The summed E-state index contributed by atoms with van der Waals surface area (Å²) in [7, 11) is 0. The molecule has 0 aliphatic carbocycles. The molecule has 6 nitrogen and oxygen atoms in total. The predicted octanol–water partition coefficient (Wildman–Crippen LogP) is 4.60. The van der Waals surface area contributed by atoms with E-state index in [1.807, 2.05) is 42.5 Å². The lowest BCUT2D eigenvalue weighted by Crippen LogP contribution is -2.24. The molecule has 0 radical (unpaired) electrons. The number of benzene rings is 2. The van der Waals surface area contributed by atoms with Crippen molar-refractivity contribution in [3.8, 4) is 11.5 Å². The lowest BCUT2D eigenvalue weighted by atomic mass is 10.2. The molecule has 1 aromatic heterocycles. The van der Waals surface area contributed by atoms with Crippen molar-refractivity contribution in [2.45, 2.75) is 19.8 Å². The lowest BCUT2D eigenvalue weighted by Gasteiger charge is -2.08. The summed E-state index contributed by atoms with van der Waals surface area (Å²) in [6.45, 7) is 2.65. The van der Waals surface area contributed by atoms with Crippen molar-refractivity contribution in [1.82, 2.24) is 10.4 Å². The van der Waals surface area contributed by atoms with E-state index in [1.165, 1.54) is 6.21 Å². The number of halogens is 1. The van der Waals surface area contributed by atoms with Crippen molar-refractivity contribution < 1.29 is 14.3 Å². The van der Waals surface area contributed by atoms with Crippen LogP contribution in [0.3, 0.4) is 0 Å². The highest BCUT2D eigenvalue weighted by molar-refractivity contribution is 6.32. The topological polar surface area (TPSA) is 72.8 Å². The SMILES string of the molecule is CCCCOc1ccc(OCC(=O)NN=Cc2cc3ccccc3nc2Cl)cc1. The second-order valence-electron chi connectivity index (χ2n) is 6.32. The number of carbonyl (C=O) groups excluding carboxylic acids is 1. The van der Waals surface area contributed by atoms with E-state index in [0.29, 0.717) is 23.1 Å². The van der Waals surface area contributed by atoms with Gasteiger partial charge in [0.25, 0.3) is 5.91 Å². The fourth-order valence-corrected chi connectivity index (χ4v) is 2.72. The van der Waals surface area contributed by atoms with Crippen LogP contribution in [0.15, 0.2) is 59.7 Å². The fraction of sp³-hybridized carbons (Fsp3) is 0.227. The first-order chi connectivity index (χ1) is 14.2. The van der Waals surface area contributed by atoms with E-state index < -0.39 is 0 Å². The Bertz CT molecular complexity index is 990. The van der Waals surface area contributed by atoms with Gasteiger partial charge in [-0.3, -0.25) is 4.79 Å². The van der Waals surface area contributed by atoms with Gasteiger partial charge in [0.2, 0.25) is 0 Å². The first-order valence-corrected chi connectivity index (χ1v) is 9.76. The maximum absolute atomic E-state index is 11.9. The molecule has 29 heavy (non-hydrogen) atoms. The van der Waals surface area contributed by atoms with Crippen LogP contribution in [-0.2, 0) is 4.79 Å². The second-order valence-corrected chi connectivity index (χ2v) is 6.67. The number of pyridine rings is 1.